The minimum Gasteiger partial charge on any atom is -0.490 e. The summed E-state index contributed by atoms with van der Waals surface area (Å²) in [5.74, 6) is 1.68. The number of rotatable bonds is 15. The van der Waals surface area contributed by atoms with Crippen LogP contribution in [0.2, 0.25) is 0 Å². The third kappa shape index (κ3) is 9.07. The zero-order valence-corrected chi connectivity index (χ0v) is 19.4. The lowest BCUT2D eigenvalue weighted by atomic mass is 10.0. The summed E-state index contributed by atoms with van der Waals surface area (Å²) in [6.45, 7) is 7.04. The second kappa shape index (κ2) is 14.6. The first-order valence-corrected chi connectivity index (χ1v) is 11.9. The number of benzene rings is 1. The van der Waals surface area contributed by atoms with Crippen LogP contribution in [-0.4, -0.2) is 22.5 Å². The third-order valence-corrected chi connectivity index (χ3v) is 5.44. The van der Waals surface area contributed by atoms with E-state index in [2.05, 4.69) is 23.8 Å². The first kappa shape index (κ1) is 24.8. The molecule has 1 aromatic heterocycles. The number of unbranched alkanes of at least 4 members (excludes halogenated alkanes) is 6. The Morgan fingerprint density at radius 2 is 1.48 bits per heavy atom. The normalized spacial score (nSPS) is 11.8. The molecule has 0 saturated heterocycles. The van der Waals surface area contributed by atoms with Crippen molar-refractivity contribution in [3.8, 4) is 22.9 Å². The van der Waals surface area contributed by atoms with E-state index in [4.69, 9.17) is 9.47 Å². The molecule has 0 N–H and O–H groups in total. The monoisotopic (exact) mass is 426 g/mol. The molecule has 0 radical (unpaired) electrons. The van der Waals surface area contributed by atoms with Crippen LogP contribution >= 0.6 is 0 Å². The molecule has 0 aliphatic carbocycles. The van der Waals surface area contributed by atoms with Crippen molar-refractivity contribution in [1.29, 1.82) is 0 Å². The fourth-order valence-corrected chi connectivity index (χ4v) is 3.50. The molecule has 0 fully saturated rings. The second-order valence-corrected chi connectivity index (χ2v) is 8.05. The highest BCUT2D eigenvalue weighted by Crippen LogP contribution is 2.22. The molecule has 0 saturated carbocycles. The fourth-order valence-electron chi connectivity index (χ4n) is 3.50. The molecule has 0 amide bonds. The number of carbonyl (C=O) groups excluding carboxylic acids is 1. The maximum absolute atomic E-state index is 12.3. The number of aromatic nitrogens is 2. The molecule has 0 aliphatic heterocycles. The van der Waals surface area contributed by atoms with E-state index in [1.165, 1.54) is 38.5 Å². The highest BCUT2D eigenvalue weighted by atomic mass is 16.5. The summed E-state index contributed by atoms with van der Waals surface area (Å²) in [7, 11) is 0. The van der Waals surface area contributed by atoms with Gasteiger partial charge < -0.3 is 9.47 Å². The van der Waals surface area contributed by atoms with E-state index in [9.17, 15) is 4.79 Å². The largest absolute Gasteiger partial charge is 0.490 e. The molecule has 0 bridgehead atoms. The Labute approximate surface area is 187 Å². The molecule has 1 atom stereocenters. The number of carbonyl (C=O) groups is 1. The van der Waals surface area contributed by atoms with Crippen molar-refractivity contribution in [2.75, 3.05) is 6.61 Å². The highest BCUT2D eigenvalue weighted by molar-refractivity contribution is 5.75. The van der Waals surface area contributed by atoms with Gasteiger partial charge in [0.25, 0.3) is 0 Å². The van der Waals surface area contributed by atoms with Crippen LogP contribution in [0.1, 0.15) is 85.0 Å². The van der Waals surface area contributed by atoms with Gasteiger partial charge in [0, 0.05) is 5.56 Å². The van der Waals surface area contributed by atoms with E-state index in [0.717, 1.165) is 31.2 Å². The van der Waals surface area contributed by atoms with Gasteiger partial charge >= 0.3 is 5.97 Å². The van der Waals surface area contributed by atoms with Gasteiger partial charge in [0.15, 0.2) is 11.6 Å². The van der Waals surface area contributed by atoms with E-state index < -0.39 is 0 Å². The molecule has 5 heteroatoms. The van der Waals surface area contributed by atoms with Crippen LogP contribution in [0.15, 0.2) is 36.7 Å². The predicted octanol–water partition coefficient (Wildman–Crippen LogP) is 7.00. The Hall–Kier alpha value is -2.43. The minimum absolute atomic E-state index is 0.0402. The van der Waals surface area contributed by atoms with Crippen molar-refractivity contribution in [3.63, 3.8) is 0 Å². The highest BCUT2D eigenvalue weighted by Gasteiger charge is 2.17. The summed E-state index contributed by atoms with van der Waals surface area (Å²) in [6, 6.07) is 7.33. The zero-order chi connectivity index (χ0) is 22.3. The van der Waals surface area contributed by atoms with Crippen LogP contribution in [0.5, 0.6) is 11.5 Å². The van der Waals surface area contributed by atoms with Gasteiger partial charge in [-0.15, -0.1) is 0 Å². The van der Waals surface area contributed by atoms with Crippen molar-refractivity contribution in [2.24, 2.45) is 5.92 Å². The van der Waals surface area contributed by atoms with Crippen LogP contribution < -0.4 is 9.47 Å². The number of esters is 1. The molecule has 0 spiro atoms. The van der Waals surface area contributed by atoms with Gasteiger partial charge in [-0.05, 0) is 43.5 Å². The number of hydrogen-bond donors (Lipinski definition) is 0. The SMILES string of the molecule is CCCCCCCCCOc1cnc(-c2ccc(OC(=O)C(CC)CCC)cc2)nc1. The predicted molar refractivity (Wildman–Crippen MR) is 125 cm³/mol. The van der Waals surface area contributed by atoms with Gasteiger partial charge in [0.2, 0.25) is 0 Å². The van der Waals surface area contributed by atoms with E-state index in [1.807, 2.05) is 19.1 Å². The smallest absolute Gasteiger partial charge is 0.314 e. The third-order valence-electron chi connectivity index (χ3n) is 5.44. The summed E-state index contributed by atoms with van der Waals surface area (Å²) in [6.07, 6.45) is 14.9. The zero-order valence-electron chi connectivity index (χ0n) is 19.4. The van der Waals surface area contributed by atoms with Gasteiger partial charge in [-0.25, -0.2) is 9.97 Å². The molecule has 1 unspecified atom stereocenters. The van der Waals surface area contributed by atoms with Crippen molar-refractivity contribution in [3.05, 3.63) is 36.7 Å². The molecule has 2 rings (SSSR count). The first-order chi connectivity index (χ1) is 15.2. The maximum Gasteiger partial charge on any atom is 0.314 e. The Morgan fingerprint density at radius 1 is 0.839 bits per heavy atom. The van der Waals surface area contributed by atoms with E-state index in [1.54, 1.807) is 24.5 Å². The van der Waals surface area contributed by atoms with Gasteiger partial charge in [-0.2, -0.15) is 0 Å². The van der Waals surface area contributed by atoms with E-state index in [-0.39, 0.29) is 11.9 Å². The lowest BCUT2D eigenvalue weighted by Gasteiger charge is -2.13. The molecular formula is C26H38N2O3. The van der Waals surface area contributed by atoms with Crippen molar-refractivity contribution in [2.45, 2.75) is 85.0 Å². The van der Waals surface area contributed by atoms with Crippen molar-refractivity contribution >= 4 is 5.97 Å². The molecular weight excluding hydrogens is 388 g/mol. The summed E-state index contributed by atoms with van der Waals surface area (Å²) >= 11 is 0. The average molecular weight is 427 g/mol. The Morgan fingerprint density at radius 3 is 2.10 bits per heavy atom. The Balaban J connectivity index is 1.77. The average Bonchev–Trinajstić information content (AvgIpc) is 2.80. The van der Waals surface area contributed by atoms with Gasteiger partial charge in [0.05, 0.1) is 24.9 Å². The number of hydrogen-bond acceptors (Lipinski definition) is 5. The molecule has 0 aliphatic rings. The lowest BCUT2D eigenvalue weighted by Crippen LogP contribution is -2.19. The minimum atomic E-state index is -0.157. The van der Waals surface area contributed by atoms with Crippen LogP contribution in [0.25, 0.3) is 11.4 Å². The topological polar surface area (TPSA) is 61.3 Å². The summed E-state index contributed by atoms with van der Waals surface area (Å²) in [4.78, 5) is 21.1. The number of ether oxygens (including phenoxy) is 2. The molecule has 2 aromatic rings. The summed E-state index contributed by atoms with van der Waals surface area (Å²) in [5.41, 5.74) is 0.874. The van der Waals surface area contributed by atoms with Crippen molar-refractivity contribution in [1.82, 2.24) is 9.97 Å². The van der Waals surface area contributed by atoms with Crippen LogP contribution in [-0.2, 0) is 4.79 Å². The summed E-state index contributed by atoms with van der Waals surface area (Å²) in [5, 5.41) is 0. The van der Waals surface area contributed by atoms with Gasteiger partial charge in [0.1, 0.15) is 5.75 Å². The van der Waals surface area contributed by atoms with E-state index in [0.29, 0.717) is 23.9 Å². The Bertz CT molecular complexity index is 744. The van der Waals surface area contributed by atoms with Crippen LogP contribution in [0, 0.1) is 5.92 Å². The summed E-state index contributed by atoms with van der Waals surface area (Å²) < 4.78 is 11.3. The molecule has 170 valence electrons. The molecule has 1 heterocycles. The van der Waals surface area contributed by atoms with Crippen molar-refractivity contribution < 1.29 is 14.3 Å². The fraction of sp³-hybridized carbons (Fsp3) is 0.577. The molecule has 5 nitrogen and oxygen atoms in total. The maximum atomic E-state index is 12.3. The van der Waals surface area contributed by atoms with Crippen LogP contribution in [0.4, 0.5) is 0 Å². The van der Waals surface area contributed by atoms with Gasteiger partial charge in [-0.1, -0.05) is 65.7 Å². The standard InChI is InChI=1S/C26H38N2O3/c1-4-7-8-9-10-11-12-18-30-24-19-27-25(28-20-24)22-14-16-23(17-15-22)31-26(29)21(6-3)13-5-2/h14-17,19-21H,4-13,18H2,1-3H3. The second-order valence-electron chi connectivity index (χ2n) is 8.05. The molecule has 31 heavy (non-hydrogen) atoms. The molecule has 1 aromatic carbocycles. The quantitative estimate of drug-likeness (QED) is 0.174. The van der Waals surface area contributed by atoms with Crippen LogP contribution in [0.3, 0.4) is 0 Å². The first-order valence-electron chi connectivity index (χ1n) is 11.9. The van der Waals surface area contributed by atoms with E-state index >= 15 is 0 Å². The van der Waals surface area contributed by atoms with Gasteiger partial charge in [-0.3, -0.25) is 4.79 Å². The Kier molecular flexibility index (Phi) is 11.7. The lowest BCUT2D eigenvalue weighted by molar-refractivity contribution is -0.139. The number of nitrogens with zero attached hydrogens (tertiary/aromatic N) is 2.